The number of hydrogen-bond donors (Lipinski definition) is 2. The summed E-state index contributed by atoms with van der Waals surface area (Å²) in [6.45, 7) is 1.61. The number of nitrogens with one attached hydrogen (secondary N) is 2. The minimum absolute atomic E-state index is 0. The molecule has 28 heavy (non-hydrogen) atoms. The van der Waals surface area contributed by atoms with Crippen molar-refractivity contribution < 1.29 is 14.3 Å². The van der Waals surface area contributed by atoms with Crippen molar-refractivity contribution in [3.63, 3.8) is 0 Å². The summed E-state index contributed by atoms with van der Waals surface area (Å²) in [5.74, 6) is -0.166. The van der Waals surface area contributed by atoms with Gasteiger partial charge in [-0.3, -0.25) is 9.59 Å². The number of carbonyl (C=O) groups is 2. The number of carbonyl (C=O) groups excluding carboxylic acids is 2. The molecule has 4 aliphatic rings. The number of nitrogens with zero attached hydrogens (tertiary/aromatic N) is 1. The van der Waals surface area contributed by atoms with E-state index in [-0.39, 0.29) is 47.6 Å². The number of rotatable bonds is 4. The van der Waals surface area contributed by atoms with Crippen molar-refractivity contribution in [3.05, 3.63) is 22.9 Å². The van der Waals surface area contributed by atoms with Gasteiger partial charge in [0.2, 0.25) is 5.91 Å². The lowest BCUT2D eigenvalue weighted by Gasteiger charge is -2.29. The Morgan fingerprint density at radius 1 is 1.18 bits per heavy atom. The van der Waals surface area contributed by atoms with Gasteiger partial charge in [-0.15, -0.1) is 12.4 Å². The summed E-state index contributed by atoms with van der Waals surface area (Å²) in [5.41, 5.74) is 0.889. The molecule has 1 aliphatic heterocycles. The van der Waals surface area contributed by atoms with Gasteiger partial charge in [-0.25, -0.2) is 4.98 Å². The smallest absolute Gasteiger partial charge is 0.310 e. The Morgan fingerprint density at radius 2 is 1.93 bits per heavy atom. The van der Waals surface area contributed by atoms with Crippen molar-refractivity contribution >= 4 is 45.9 Å². The Morgan fingerprint density at radius 3 is 2.54 bits per heavy atom. The van der Waals surface area contributed by atoms with Crippen LogP contribution in [0.4, 0.5) is 5.69 Å². The zero-order valence-corrected chi connectivity index (χ0v) is 17.9. The van der Waals surface area contributed by atoms with E-state index in [0.717, 1.165) is 49.8 Å². The second-order valence-corrected chi connectivity index (χ2v) is 9.30. The lowest BCUT2D eigenvalue weighted by atomic mass is 9.78. The highest BCUT2D eigenvalue weighted by Gasteiger charge is 2.72. The van der Waals surface area contributed by atoms with E-state index in [1.807, 2.05) is 6.07 Å². The molecule has 4 fully saturated rings. The number of esters is 1. The van der Waals surface area contributed by atoms with Gasteiger partial charge < -0.3 is 15.4 Å². The SMILES string of the molecule is Cl.O=C(O[C@@H]1CCNC1)[C@H]1[C@H](C(=O)Nc2ccc(Br)nc2)[C@@H]2CC[C@H]1C21CC1. The highest BCUT2D eigenvalue weighted by Crippen LogP contribution is 2.74. The van der Waals surface area contributed by atoms with E-state index in [4.69, 9.17) is 4.74 Å². The predicted molar refractivity (Wildman–Crippen MR) is 110 cm³/mol. The van der Waals surface area contributed by atoms with Crippen molar-refractivity contribution in [2.24, 2.45) is 29.1 Å². The molecular formula is C20H25BrClN3O3. The Balaban J connectivity index is 0.00000192. The van der Waals surface area contributed by atoms with Gasteiger partial charge in [0.15, 0.2) is 0 Å². The minimum Gasteiger partial charge on any atom is -0.461 e. The number of amides is 1. The quantitative estimate of drug-likeness (QED) is 0.522. The van der Waals surface area contributed by atoms with Crippen LogP contribution in [0, 0.1) is 29.1 Å². The van der Waals surface area contributed by atoms with Gasteiger partial charge in [0, 0.05) is 6.54 Å². The Bertz CT molecular complexity index is 764. The van der Waals surface area contributed by atoms with Crippen molar-refractivity contribution in [1.82, 2.24) is 10.3 Å². The molecule has 1 aromatic rings. The van der Waals surface area contributed by atoms with Crippen LogP contribution in [0.25, 0.3) is 0 Å². The molecule has 0 aromatic carbocycles. The van der Waals surface area contributed by atoms with Gasteiger partial charge in [0.1, 0.15) is 10.7 Å². The summed E-state index contributed by atoms with van der Waals surface area (Å²) >= 11 is 3.31. The second-order valence-electron chi connectivity index (χ2n) is 8.49. The molecule has 152 valence electrons. The average molecular weight is 471 g/mol. The topological polar surface area (TPSA) is 80.3 Å². The van der Waals surface area contributed by atoms with Gasteiger partial charge in [-0.05, 0) is 84.0 Å². The van der Waals surface area contributed by atoms with E-state index in [1.165, 1.54) is 0 Å². The van der Waals surface area contributed by atoms with E-state index in [9.17, 15) is 9.59 Å². The van der Waals surface area contributed by atoms with Crippen LogP contribution in [0.15, 0.2) is 22.9 Å². The van der Waals surface area contributed by atoms with Crippen molar-refractivity contribution in [1.29, 1.82) is 0 Å². The summed E-state index contributed by atoms with van der Waals surface area (Å²) in [6.07, 6.45) is 6.86. The molecule has 1 amide bonds. The molecule has 1 aromatic heterocycles. The Hall–Kier alpha value is -1.18. The lowest BCUT2D eigenvalue weighted by molar-refractivity contribution is -0.159. The number of hydrogen-bond acceptors (Lipinski definition) is 5. The van der Waals surface area contributed by atoms with Gasteiger partial charge in [-0.2, -0.15) is 0 Å². The summed E-state index contributed by atoms with van der Waals surface area (Å²) in [4.78, 5) is 30.4. The lowest BCUT2D eigenvalue weighted by Crippen LogP contribution is -2.40. The third kappa shape index (κ3) is 3.25. The molecular weight excluding hydrogens is 446 g/mol. The number of pyridine rings is 1. The van der Waals surface area contributed by atoms with Gasteiger partial charge in [0.25, 0.3) is 0 Å². The van der Waals surface area contributed by atoms with E-state index in [2.05, 4.69) is 31.5 Å². The second kappa shape index (κ2) is 7.58. The summed E-state index contributed by atoms with van der Waals surface area (Å²) in [6, 6.07) is 3.63. The first-order chi connectivity index (χ1) is 13.1. The summed E-state index contributed by atoms with van der Waals surface area (Å²) in [5, 5.41) is 6.23. The van der Waals surface area contributed by atoms with E-state index in [1.54, 1.807) is 12.3 Å². The van der Waals surface area contributed by atoms with Gasteiger partial charge in [-0.1, -0.05) is 0 Å². The zero-order chi connectivity index (χ0) is 18.6. The first-order valence-corrected chi connectivity index (χ1v) is 10.7. The van der Waals surface area contributed by atoms with Gasteiger partial charge in [0.05, 0.1) is 23.7 Å². The molecule has 0 unspecified atom stereocenters. The normalized spacial score (nSPS) is 34.1. The van der Waals surface area contributed by atoms with Crippen LogP contribution in [0.1, 0.15) is 32.1 Å². The number of aromatic nitrogens is 1. The van der Waals surface area contributed by atoms with Crippen LogP contribution < -0.4 is 10.6 Å². The number of ether oxygens (including phenoxy) is 1. The fourth-order valence-electron chi connectivity index (χ4n) is 5.97. The molecule has 2 heterocycles. The largest absolute Gasteiger partial charge is 0.461 e. The molecule has 3 saturated carbocycles. The molecule has 8 heteroatoms. The maximum absolute atomic E-state index is 13.2. The zero-order valence-electron chi connectivity index (χ0n) is 15.5. The average Bonchev–Trinajstić information content (AvgIpc) is 3.02. The van der Waals surface area contributed by atoms with Crippen LogP contribution in [-0.2, 0) is 14.3 Å². The van der Waals surface area contributed by atoms with E-state index in [0.29, 0.717) is 17.5 Å². The van der Waals surface area contributed by atoms with Crippen molar-refractivity contribution in [2.45, 2.75) is 38.2 Å². The molecule has 2 N–H and O–H groups in total. The third-order valence-corrected chi connectivity index (χ3v) is 7.68. The molecule has 3 aliphatic carbocycles. The van der Waals surface area contributed by atoms with Crippen molar-refractivity contribution in [3.8, 4) is 0 Å². The molecule has 6 nitrogen and oxygen atoms in total. The van der Waals surface area contributed by atoms with Crippen LogP contribution >= 0.6 is 28.3 Å². The summed E-state index contributed by atoms with van der Waals surface area (Å²) in [7, 11) is 0. The standard InChI is InChI=1S/C20H24BrN3O3.ClH/c21-15-4-1-11(9-23-15)24-18(25)16-13-2-3-14(20(13)6-7-20)17(16)19(26)27-12-5-8-22-10-12;/h1,4,9,12-14,16-17,22H,2-3,5-8,10H2,(H,24,25);1H/t12-,13+,14-,16-,17-;/m1./s1. The Labute approximate surface area is 179 Å². The van der Waals surface area contributed by atoms with Crippen LogP contribution in [0.2, 0.25) is 0 Å². The van der Waals surface area contributed by atoms with E-state index >= 15 is 0 Å². The number of anilines is 1. The van der Waals surface area contributed by atoms with E-state index < -0.39 is 0 Å². The highest BCUT2D eigenvalue weighted by atomic mass is 79.9. The summed E-state index contributed by atoms with van der Waals surface area (Å²) < 4.78 is 6.54. The van der Waals surface area contributed by atoms with Gasteiger partial charge >= 0.3 is 5.97 Å². The Kier molecular flexibility index (Phi) is 5.44. The molecule has 2 bridgehead atoms. The molecule has 5 rings (SSSR count). The molecule has 5 atom stereocenters. The molecule has 0 radical (unpaired) electrons. The maximum Gasteiger partial charge on any atom is 0.310 e. The first-order valence-electron chi connectivity index (χ1n) is 9.92. The maximum atomic E-state index is 13.2. The highest BCUT2D eigenvalue weighted by molar-refractivity contribution is 9.10. The molecule has 1 spiro atoms. The van der Waals surface area contributed by atoms with Crippen molar-refractivity contribution in [2.75, 3.05) is 18.4 Å². The van der Waals surface area contributed by atoms with Crippen LogP contribution in [0.3, 0.4) is 0 Å². The third-order valence-electron chi connectivity index (χ3n) is 7.21. The number of halogens is 2. The fourth-order valence-corrected chi connectivity index (χ4v) is 6.21. The molecule has 1 saturated heterocycles. The fraction of sp³-hybridized carbons (Fsp3) is 0.650. The predicted octanol–water partition coefficient (Wildman–Crippen LogP) is 3.16. The monoisotopic (exact) mass is 469 g/mol. The minimum atomic E-state index is -0.296. The first kappa shape index (κ1) is 20.1. The van der Waals surface area contributed by atoms with Crippen LogP contribution in [0.5, 0.6) is 0 Å². The van der Waals surface area contributed by atoms with Crippen LogP contribution in [-0.4, -0.2) is 36.1 Å².